The highest BCUT2D eigenvalue weighted by molar-refractivity contribution is 7.99. The number of nitrogens with zero attached hydrogens (tertiary/aromatic N) is 1. The highest BCUT2D eigenvalue weighted by Crippen LogP contribution is 2.19. The van der Waals surface area contributed by atoms with Crippen LogP contribution in [0.2, 0.25) is 0 Å². The summed E-state index contributed by atoms with van der Waals surface area (Å²) in [6, 6.07) is 8.87. The van der Waals surface area contributed by atoms with E-state index in [0.717, 1.165) is 28.2 Å². The number of nitrogens with one attached hydrogen (secondary N) is 2. The molecule has 1 aromatic carbocycles. The maximum atomic E-state index is 12.7. The van der Waals surface area contributed by atoms with E-state index in [-0.39, 0.29) is 18.1 Å². The van der Waals surface area contributed by atoms with Gasteiger partial charge in [0, 0.05) is 24.5 Å². The molecule has 0 aliphatic heterocycles. The quantitative estimate of drug-likeness (QED) is 0.399. The summed E-state index contributed by atoms with van der Waals surface area (Å²) >= 11 is 0.877. The zero-order chi connectivity index (χ0) is 25.1. The van der Waals surface area contributed by atoms with Gasteiger partial charge in [-0.2, -0.15) is 24.9 Å². The van der Waals surface area contributed by atoms with Gasteiger partial charge in [0.05, 0.1) is 17.3 Å². The summed E-state index contributed by atoms with van der Waals surface area (Å²) in [5.41, 5.74) is 1.70. The highest BCUT2D eigenvalue weighted by atomic mass is 32.2. The van der Waals surface area contributed by atoms with Gasteiger partial charge in [-0.25, -0.2) is 0 Å². The number of aromatic nitrogens is 1. The molecule has 0 aliphatic carbocycles. The summed E-state index contributed by atoms with van der Waals surface area (Å²) in [6.45, 7) is 4.30. The largest absolute Gasteiger partial charge is 0.450 e. The molecule has 186 valence electrons. The van der Waals surface area contributed by atoms with Gasteiger partial charge < -0.3 is 5.32 Å². The van der Waals surface area contributed by atoms with Crippen molar-refractivity contribution in [1.29, 1.82) is 0 Å². The summed E-state index contributed by atoms with van der Waals surface area (Å²) in [4.78, 5) is 40.2. The van der Waals surface area contributed by atoms with Crippen molar-refractivity contribution in [3.8, 4) is 0 Å². The van der Waals surface area contributed by atoms with E-state index in [1.165, 1.54) is 0 Å². The Bertz CT molecular complexity index is 983. The van der Waals surface area contributed by atoms with Gasteiger partial charge in [-0.1, -0.05) is 32.0 Å². The van der Waals surface area contributed by atoms with E-state index in [4.69, 9.17) is 0 Å². The van der Waals surface area contributed by atoms with Crippen LogP contribution in [-0.4, -0.2) is 46.3 Å². The molecule has 0 aliphatic rings. The lowest BCUT2D eigenvalue weighted by Gasteiger charge is -2.18. The van der Waals surface area contributed by atoms with Crippen LogP contribution in [0.25, 0.3) is 10.9 Å². The van der Waals surface area contributed by atoms with Crippen LogP contribution in [0.4, 0.5) is 13.2 Å². The number of pyridine rings is 1. The Kier molecular flexibility index (Phi) is 11.0. The molecule has 1 atom stereocenters. The second-order valence-electron chi connectivity index (χ2n) is 8.43. The monoisotopic (exact) mass is 497 g/mol. The predicted octanol–water partition coefficient (Wildman–Crippen LogP) is 4.42. The van der Waals surface area contributed by atoms with Crippen molar-refractivity contribution in [2.24, 2.45) is 5.92 Å². The number of para-hydroxylation sites is 1. The molecule has 1 heterocycles. The number of rotatable bonds is 13. The fourth-order valence-electron chi connectivity index (χ4n) is 3.12. The number of Topliss-reactive ketones (excluding diaryl/α,β-unsaturated/α-hetero) is 1. The van der Waals surface area contributed by atoms with E-state index in [2.05, 4.69) is 15.6 Å². The van der Waals surface area contributed by atoms with Crippen molar-refractivity contribution in [3.63, 3.8) is 0 Å². The molecule has 0 bridgehead atoms. The van der Waals surface area contributed by atoms with E-state index in [9.17, 15) is 27.6 Å². The van der Waals surface area contributed by atoms with Crippen molar-refractivity contribution in [2.75, 3.05) is 11.5 Å². The molecule has 2 N–H and O–H groups in total. The van der Waals surface area contributed by atoms with Gasteiger partial charge in [0.1, 0.15) is 0 Å². The zero-order valence-corrected chi connectivity index (χ0v) is 20.1. The molecule has 2 amide bonds. The Labute approximate surface area is 201 Å². The van der Waals surface area contributed by atoms with Crippen molar-refractivity contribution >= 4 is 40.3 Å². The third-order valence-electron chi connectivity index (χ3n) is 5.06. The van der Waals surface area contributed by atoms with Gasteiger partial charge in [0.15, 0.2) is 0 Å². The lowest BCUT2D eigenvalue weighted by molar-refractivity contribution is -0.167. The summed E-state index contributed by atoms with van der Waals surface area (Å²) in [5, 5.41) is 6.50. The Morgan fingerprint density at radius 3 is 2.56 bits per heavy atom. The third kappa shape index (κ3) is 9.80. The van der Waals surface area contributed by atoms with Crippen LogP contribution in [-0.2, 0) is 20.9 Å². The topological polar surface area (TPSA) is 88.2 Å². The predicted molar refractivity (Wildman–Crippen MR) is 127 cm³/mol. The fourth-order valence-corrected chi connectivity index (χ4v) is 3.99. The second kappa shape index (κ2) is 13.4. The van der Waals surface area contributed by atoms with Gasteiger partial charge in [0.25, 0.3) is 0 Å². The molecule has 1 aromatic heterocycles. The fraction of sp³-hybridized carbons (Fsp3) is 0.500. The lowest BCUT2D eigenvalue weighted by Crippen LogP contribution is -2.46. The normalized spacial score (nSPS) is 12.6. The molecule has 0 spiro atoms. The summed E-state index contributed by atoms with van der Waals surface area (Å²) < 4.78 is 37.0. The van der Waals surface area contributed by atoms with Crippen LogP contribution >= 0.6 is 11.8 Å². The maximum Gasteiger partial charge on any atom is 0.450 e. The van der Waals surface area contributed by atoms with Crippen molar-refractivity contribution < 1.29 is 27.6 Å². The van der Waals surface area contributed by atoms with Gasteiger partial charge in [-0.05, 0) is 48.6 Å². The van der Waals surface area contributed by atoms with Crippen LogP contribution in [0.5, 0.6) is 0 Å². The minimum absolute atomic E-state index is 0.236. The summed E-state index contributed by atoms with van der Waals surface area (Å²) in [5.74, 6) is -2.64. The summed E-state index contributed by atoms with van der Waals surface area (Å²) in [6.07, 6.45) is -1.53. The lowest BCUT2D eigenvalue weighted by atomic mass is 10.1. The molecular formula is C24H30F3N3O3S. The molecule has 34 heavy (non-hydrogen) atoms. The zero-order valence-electron chi connectivity index (χ0n) is 19.3. The second-order valence-corrected chi connectivity index (χ2v) is 9.54. The van der Waals surface area contributed by atoms with Crippen LogP contribution in [0, 0.1) is 5.92 Å². The van der Waals surface area contributed by atoms with Gasteiger partial charge in [-0.15, -0.1) is 0 Å². The average molecular weight is 498 g/mol. The van der Waals surface area contributed by atoms with Gasteiger partial charge in [-0.3, -0.25) is 24.7 Å². The molecule has 2 rings (SSSR count). The first-order valence-electron chi connectivity index (χ1n) is 11.1. The van der Waals surface area contributed by atoms with Crippen molar-refractivity contribution in [3.05, 3.63) is 42.1 Å². The molecule has 10 heteroatoms. The first-order valence-corrected chi connectivity index (χ1v) is 12.3. The number of thioether (sulfide) groups is 1. The smallest absolute Gasteiger partial charge is 0.302 e. The van der Waals surface area contributed by atoms with E-state index >= 15 is 0 Å². The number of imide groups is 1. The number of halogens is 3. The van der Waals surface area contributed by atoms with Crippen LogP contribution in [0.3, 0.4) is 0 Å². The van der Waals surface area contributed by atoms with E-state index in [1.807, 2.05) is 44.2 Å². The minimum atomic E-state index is -4.83. The number of carbonyl (C=O) groups excluding carboxylic acids is 3. The molecule has 0 unspecified atom stereocenters. The third-order valence-corrected chi connectivity index (χ3v) is 6.10. The first kappa shape index (κ1) is 27.8. The number of hydrogen-bond acceptors (Lipinski definition) is 6. The maximum absolute atomic E-state index is 12.7. The van der Waals surface area contributed by atoms with Gasteiger partial charge >= 0.3 is 6.18 Å². The number of fused-ring (bicyclic) bond motifs is 1. The number of hydrogen-bond donors (Lipinski definition) is 2. The number of carbonyl (C=O) groups is 3. The van der Waals surface area contributed by atoms with Crippen LogP contribution in [0.1, 0.15) is 45.1 Å². The molecule has 2 aromatic rings. The number of ketones is 1. The van der Waals surface area contributed by atoms with Crippen LogP contribution in [0.15, 0.2) is 36.5 Å². The molecular weight excluding hydrogens is 467 g/mol. The Morgan fingerprint density at radius 1 is 1.12 bits per heavy atom. The van der Waals surface area contributed by atoms with E-state index < -0.39 is 29.7 Å². The molecule has 0 saturated carbocycles. The summed E-state index contributed by atoms with van der Waals surface area (Å²) in [7, 11) is 0. The number of alkyl halides is 3. The highest BCUT2D eigenvalue weighted by Gasteiger charge is 2.37. The first-order chi connectivity index (χ1) is 16.1. The van der Waals surface area contributed by atoms with Crippen molar-refractivity contribution in [2.45, 2.75) is 58.3 Å². The molecule has 0 radical (unpaired) electrons. The van der Waals surface area contributed by atoms with Crippen LogP contribution < -0.4 is 10.6 Å². The van der Waals surface area contributed by atoms with Crippen molar-refractivity contribution in [1.82, 2.24) is 15.6 Å². The average Bonchev–Trinajstić information content (AvgIpc) is 2.78. The van der Waals surface area contributed by atoms with E-state index in [1.54, 1.807) is 6.20 Å². The Morgan fingerprint density at radius 2 is 1.85 bits per heavy atom. The van der Waals surface area contributed by atoms with Gasteiger partial charge in [0.2, 0.25) is 17.6 Å². The minimum Gasteiger partial charge on any atom is -0.302 e. The van der Waals surface area contributed by atoms with E-state index in [0.29, 0.717) is 31.7 Å². The Hall–Kier alpha value is -2.46. The molecule has 0 fully saturated rings. The SMILES string of the molecule is CC(C)CCC(=O)NC(=O)[C@H](CCCSCC(=O)C(F)(F)F)NCc1cnc2ccccc2c1. The number of benzene rings is 1. The standard InChI is InChI=1S/C24H30F3N3O3S/c1-16(2)9-10-22(32)30-23(33)20(8-5-11-34-15-21(31)24(25,26)27)29-14-17-12-18-6-3-4-7-19(18)28-13-17/h3-4,6-7,12-13,16,20,29H,5,8-11,14-15H2,1-2H3,(H,30,32,33)/t20-/m0/s1. The molecule has 0 saturated heterocycles. The molecule has 6 nitrogen and oxygen atoms in total. The number of amides is 2. The Balaban J connectivity index is 1.94.